The highest BCUT2D eigenvalue weighted by Gasteiger charge is 2.07. The number of aromatic nitrogens is 2. The quantitative estimate of drug-likeness (QED) is 0.685. The predicted octanol–water partition coefficient (Wildman–Crippen LogP) is 3.16. The van der Waals surface area contributed by atoms with Crippen molar-refractivity contribution in [1.82, 2.24) is 9.66 Å². The smallest absolute Gasteiger partial charge is 0.205 e. The largest absolute Gasteiger partial charge is 0.265 e. The summed E-state index contributed by atoms with van der Waals surface area (Å²) >= 11 is 1.49. The lowest BCUT2D eigenvalue weighted by Gasteiger charge is -2.03. The summed E-state index contributed by atoms with van der Waals surface area (Å²) in [5, 5.41) is 6.45. The Bertz CT molecular complexity index is 848. The first-order chi connectivity index (χ1) is 10.8. The number of hydrogen-bond acceptors (Lipinski definition) is 4. The molecule has 0 saturated carbocycles. The topological polar surface area (TPSA) is 42.5 Å². The van der Waals surface area contributed by atoms with Crippen molar-refractivity contribution in [2.45, 2.75) is 0 Å². The third-order valence-electron chi connectivity index (χ3n) is 3.04. The van der Waals surface area contributed by atoms with Gasteiger partial charge in [0.1, 0.15) is 5.82 Å². The van der Waals surface area contributed by atoms with Gasteiger partial charge in [-0.15, -0.1) is 11.3 Å². The van der Waals surface area contributed by atoms with Crippen LogP contribution in [0.5, 0.6) is 0 Å². The summed E-state index contributed by atoms with van der Waals surface area (Å²) < 4.78 is 14.8. The van der Waals surface area contributed by atoms with Crippen LogP contribution >= 0.6 is 11.3 Å². The molecule has 0 fully saturated rings. The Balaban J connectivity index is 2.05. The molecule has 0 N–H and O–H groups in total. The summed E-state index contributed by atoms with van der Waals surface area (Å²) in [5.74, 6) is -0.258. The average molecular weight is 312 g/mol. The minimum Gasteiger partial charge on any atom is -0.265 e. The standard InChI is InChI=1S/C16H13FN4S/c1-18-16-21(20-10-12-6-8-19-9-7-12)15(11-22-16)13-2-4-14(17)5-3-13/h2-11H,1H3. The molecule has 3 rings (SSSR count). The predicted molar refractivity (Wildman–Crippen MR) is 86.4 cm³/mol. The Kier molecular flexibility index (Phi) is 4.20. The van der Waals surface area contributed by atoms with Crippen molar-refractivity contribution in [1.29, 1.82) is 0 Å². The van der Waals surface area contributed by atoms with Crippen molar-refractivity contribution in [3.05, 3.63) is 70.4 Å². The molecule has 0 aliphatic heterocycles. The number of rotatable bonds is 3. The zero-order chi connectivity index (χ0) is 15.4. The van der Waals surface area contributed by atoms with Crippen LogP contribution in [0.1, 0.15) is 5.56 Å². The van der Waals surface area contributed by atoms with Crippen LogP contribution in [0.3, 0.4) is 0 Å². The molecule has 0 amide bonds. The Hall–Kier alpha value is -2.60. The Morgan fingerprint density at radius 3 is 2.55 bits per heavy atom. The number of thiazole rings is 1. The van der Waals surface area contributed by atoms with Crippen molar-refractivity contribution in [2.75, 3.05) is 7.05 Å². The summed E-state index contributed by atoms with van der Waals surface area (Å²) in [4.78, 5) is 8.97. The molecule has 0 spiro atoms. The molecule has 0 bridgehead atoms. The molecule has 0 saturated heterocycles. The molecule has 0 aliphatic rings. The van der Waals surface area contributed by atoms with Crippen LogP contribution in [0.4, 0.5) is 4.39 Å². The van der Waals surface area contributed by atoms with Gasteiger partial charge in [-0.05, 0) is 42.0 Å². The Labute approximate surface area is 130 Å². The maximum atomic E-state index is 13.1. The molecule has 6 heteroatoms. The number of pyridine rings is 1. The Morgan fingerprint density at radius 1 is 1.14 bits per heavy atom. The first kappa shape index (κ1) is 14.3. The summed E-state index contributed by atoms with van der Waals surface area (Å²) in [6.07, 6.45) is 5.17. The minimum absolute atomic E-state index is 0.258. The van der Waals surface area contributed by atoms with Gasteiger partial charge in [-0.2, -0.15) is 5.10 Å². The van der Waals surface area contributed by atoms with Crippen LogP contribution in [-0.2, 0) is 0 Å². The molecule has 22 heavy (non-hydrogen) atoms. The molecule has 2 heterocycles. The van der Waals surface area contributed by atoms with Crippen LogP contribution in [0, 0.1) is 5.82 Å². The first-order valence-corrected chi connectivity index (χ1v) is 7.49. The highest BCUT2D eigenvalue weighted by atomic mass is 32.1. The second-order valence-electron chi connectivity index (χ2n) is 4.47. The first-order valence-electron chi connectivity index (χ1n) is 6.61. The second kappa shape index (κ2) is 6.44. The van der Waals surface area contributed by atoms with E-state index in [9.17, 15) is 4.39 Å². The molecule has 1 aromatic carbocycles. The van der Waals surface area contributed by atoms with E-state index in [0.717, 1.165) is 21.6 Å². The molecule has 0 unspecified atom stereocenters. The van der Waals surface area contributed by atoms with Crippen LogP contribution in [-0.4, -0.2) is 22.9 Å². The third-order valence-corrected chi connectivity index (χ3v) is 3.95. The Morgan fingerprint density at radius 2 is 1.86 bits per heavy atom. The summed E-state index contributed by atoms with van der Waals surface area (Å²) in [5.41, 5.74) is 2.70. The summed E-state index contributed by atoms with van der Waals surface area (Å²) in [7, 11) is 1.72. The molecule has 4 nitrogen and oxygen atoms in total. The lowest BCUT2D eigenvalue weighted by Crippen LogP contribution is -2.11. The monoisotopic (exact) mass is 312 g/mol. The van der Waals surface area contributed by atoms with E-state index >= 15 is 0 Å². The number of benzene rings is 1. The van der Waals surface area contributed by atoms with Gasteiger partial charge in [-0.25, -0.2) is 9.07 Å². The van der Waals surface area contributed by atoms with Crippen molar-refractivity contribution in [3.63, 3.8) is 0 Å². The SMILES string of the molecule is CN=c1scc(-c2ccc(F)cc2)n1N=Cc1ccncc1. The second-order valence-corrected chi connectivity index (χ2v) is 5.31. The van der Waals surface area contributed by atoms with Gasteiger partial charge in [0.15, 0.2) is 0 Å². The van der Waals surface area contributed by atoms with Crippen LogP contribution in [0.25, 0.3) is 11.3 Å². The van der Waals surface area contributed by atoms with Crippen molar-refractivity contribution >= 4 is 17.6 Å². The van der Waals surface area contributed by atoms with E-state index in [-0.39, 0.29) is 5.82 Å². The van der Waals surface area contributed by atoms with Gasteiger partial charge in [-0.3, -0.25) is 9.98 Å². The van der Waals surface area contributed by atoms with Crippen molar-refractivity contribution < 1.29 is 4.39 Å². The van der Waals surface area contributed by atoms with E-state index in [2.05, 4.69) is 15.1 Å². The fourth-order valence-corrected chi connectivity index (χ4v) is 2.76. The van der Waals surface area contributed by atoms with Gasteiger partial charge in [0.25, 0.3) is 0 Å². The van der Waals surface area contributed by atoms with E-state index in [1.54, 1.807) is 42.5 Å². The molecule has 0 aliphatic carbocycles. The van der Waals surface area contributed by atoms with Crippen molar-refractivity contribution in [3.8, 4) is 11.3 Å². The molecule has 0 radical (unpaired) electrons. The molecular weight excluding hydrogens is 299 g/mol. The van der Waals surface area contributed by atoms with Gasteiger partial charge in [0.05, 0.1) is 11.9 Å². The third kappa shape index (κ3) is 3.01. The zero-order valence-corrected chi connectivity index (χ0v) is 12.7. The maximum absolute atomic E-state index is 13.1. The highest BCUT2D eigenvalue weighted by molar-refractivity contribution is 7.07. The van der Waals surface area contributed by atoms with E-state index in [1.807, 2.05) is 17.5 Å². The van der Waals surface area contributed by atoms with E-state index in [4.69, 9.17) is 0 Å². The highest BCUT2D eigenvalue weighted by Crippen LogP contribution is 2.20. The van der Waals surface area contributed by atoms with Gasteiger partial charge in [0.2, 0.25) is 4.80 Å². The molecule has 2 aromatic heterocycles. The zero-order valence-electron chi connectivity index (χ0n) is 11.8. The van der Waals surface area contributed by atoms with E-state index in [1.165, 1.54) is 23.5 Å². The number of nitrogens with zero attached hydrogens (tertiary/aromatic N) is 4. The van der Waals surface area contributed by atoms with Crippen molar-refractivity contribution in [2.24, 2.45) is 10.1 Å². The normalized spacial score (nSPS) is 12.2. The van der Waals surface area contributed by atoms with Gasteiger partial charge in [-0.1, -0.05) is 0 Å². The van der Waals surface area contributed by atoms with Gasteiger partial charge >= 0.3 is 0 Å². The summed E-state index contributed by atoms with van der Waals surface area (Å²) in [6.45, 7) is 0. The maximum Gasteiger partial charge on any atom is 0.205 e. The molecular formula is C16H13FN4S. The number of hydrogen-bond donors (Lipinski definition) is 0. The van der Waals surface area contributed by atoms with Gasteiger partial charge in [0, 0.05) is 30.4 Å². The van der Waals surface area contributed by atoms with E-state index < -0.39 is 0 Å². The lowest BCUT2D eigenvalue weighted by molar-refractivity contribution is 0.628. The van der Waals surface area contributed by atoms with Gasteiger partial charge < -0.3 is 0 Å². The molecule has 3 aromatic rings. The molecule has 110 valence electrons. The molecule has 0 atom stereocenters. The lowest BCUT2D eigenvalue weighted by atomic mass is 10.2. The summed E-state index contributed by atoms with van der Waals surface area (Å²) in [6, 6.07) is 10.1. The van der Waals surface area contributed by atoms with Crippen LogP contribution in [0.2, 0.25) is 0 Å². The van der Waals surface area contributed by atoms with E-state index in [0.29, 0.717) is 0 Å². The van der Waals surface area contributed by atoms with Crippen LogP contribution in [0.15, 0.2) is 64.3 Å². The minimum atomic E-state index is -0.258. The fraction of sp³-hybridized carbons (Fsp3) is 0.0625. The van der Waals surface area contributed by atoms with Crippen LogP contribution < -0.4 is 4.80 Å². The fourth-order valence-electron chi connectivity index (χ4n) is 1.96. The number of halogens is 1. The average Bonchev–Trinajstić information content (AvgIpc) is 2.97.